The zero-order valence-electron chi connectivity index (χ0n) is 8.36. The van der Waals surface area contributed by atoms with Crippen LogP contribution in [0.3, 0.4) is 0 Å². The predicted octanol–water partition coefficient (Wildman–Crippen LogP) is 1.50. The molecule has 2 N–H and O–H groups in total. The van der Waals surface area contributed by atoms with Crippen LogP contribution in [0.1, 0.15) is 19.4 Å². The Balaban J connectivity index is 2.63. The Morgan fingerprint density at radius 2 is 2.07 bits per heavy atom. The molecule has 76 valence electrons. The van der Waals surface area contributed by atoms with E-state index < -0.39 is 11.7 Å². The van der Waals surface area contributed by atoms with E-state index in [0.717, 1.165) is 5.56 Å². The van der Waals surface area contributed by atoms with Crippen molar-refractivity contribution in [1.29, 1.82) is 0 Å². The molecule has 1 heterocycles. The maximum Gasteiger partial charge on any atom is 0.405 e. The summed E-state index contributed by atoms with van der Waals surface area (Å²) in [6.45, 7) is 3.64. The van der Waals surface area contributed by atoms with E-state index in [2.05, 4.69) is 4.98 Å². The molecule has 1 aromatic heterocycles. The molecule has 0 saturated carbocycles. The molecule has 4 nitrogen and oxygen atoms in total. The number of rotatable bonds is 3. The number of amides is 1. The van der Waals surface area contributed by atoms with Crippen LogP contribution in [0.4, 0.5) is 4.79 Å². The number of nitrogens with zero attached hydrogens (tertiary/aromatic N) is 1. The first-order chi connectivity index (χ1) is 6.49. The van der Waals surface area contributed by atoms with E-state index >= 15 is 0 Å². The van der Waals surface area contributed by atoms with Crippen LogP contribution in [0.15, 0.2) is 24.5 Å². The largest absolute Gasteiger partial charge is 0.443 e. The summed E-state index contributed by atoms with van der Waals surface area (Å²) in [6.07, 6.45) is 3.29. The number of hydrogen-bond acceptors (Lipinski definition) is 3. The molecule has 0 aliphatic carbocycles. The number of nitrogens with two attached hydrogens (primary N) is 1. The zero-order chi connectivity index (χ0) is 10.6. The monoisotopic (exact) mass is 194 g/mol. The second-order valence-corrected chi connectivity index (χ2v) is 3.71. The van der Waals surface area contributed by atoms with Crippen molar-refractivity contribution in [2.24, 2.45) is 5.73 Å². The number of pyridine rings is 1. The lowest BCUT2D eigenvalue weighted by molar-refractivity contribution is 0.0460. The number of hydrogen-bond donors (Lipinski definition) is 1. The Hall–Kier alpha value is -1.58. The first-order valence-corrected chi connectivity index (χ1v) is 4.37. The minimum Gasteiger partial charge on any atom is -0.443 e. The van der Waals surface area contributed by atoms with Crippen molar-refractivity contribution >= 4 is 6.09 Å². The Bertz CT molecular complexity index is 309. The summed E-state index contributed by atoms with van der Waals surface area (Å²) in [5.74, 6) is 0. The van der Waals surface area contributed by atoms with Gasteiger partial charge in [0, 0.05) is 18.8 Å². The molecule has 0 saturated heterocycles. The molecule has 0 unspecified atom stereocenters. The minimum absolute atomic E-state index is 0.576. The summed E-state index contributed by atoms with van der Waals surface area (Å²) in [5.41, 5.74) is 5.44. The Morgan fingerprint density at radius 3 is 2.57 bits per heavy atom. The highest BCUT2D eigenvalue weighted by Gasteiger charge is 2.21. The Kier molecular flexibility index (Phi) is 3.06. The third-order valence-electron chi connectivity index (χ3n) is 1.76. The topological polar surface area (TPSA) is 65.2 Å². The molecule has 4 heteroatoms. The van der Waals surface area contributed by atoms with Crippen LogP contribution in [0, 0.1) is 0 Å². The molecular weight excluding hydrogens is 180 g/mol. The molecule has 0 aliphatic rings. The van der Waals surface area contributed by atoms with Gasteiger partial charge in [-0.2, -0.15) is 0 Å². The smallest absolute Gasteiger partial charge is 0.405 e. The van der Waals surface area contributed by atoms with E-state index in [1.165, 1.54) is 0 Å². The summed E-state index contributed by atoms with van der Waals surface area (Å²) in [5, 5.41) is 0. The summed E-state index contributed by atoms with van der Waals surface area (Å²) in [4.78, 5) is 14.5. The van der Waals surface area contributed by atoms with Crippen molar-refractivity contribution < 1.29 is 9.53 Å². The summed E-state index contributed by atoms with van der Waals surface area (Å²) < 4.78 is 4.96. The van der Waals surface area contributed by atoms with Crippen molar-refractivity contribution in [1.82, 2.24) is 4.98 Å². The van der Waals surface area contributed by atoms with Gasteiger partial charge in [0.05, 0.1) is 0 Å². The second kappa shape index (κ2) is 4.09. The zero-order valence-corrected chi connectivity index (χ0v) is 8.36. The fourth-order valence-corrected chi connectivity index (χ4v) is 1.30. The highest BCUT2D eigenvalue weighted by atomic mass is 16.6. The molecule has 0 radical (unpaired) electrons. The van der Waals surface area contributed by atoms with E-state index in [-0.39, 0.29) is 0 Å². The predicted molar refractivity (Wildman–Crippen MR) is 52.7 cm³/mol. The van der Waals surface area contributed by atoms with Crippen LogP contribution in [0.2, 0.25) is 0 Å². The van der Waals surface area contributed by atoms with E-state index in [0.29, 0.717) is 6.42 Å². The highest BCUT2D eigenvalue weighted by molar-refractivity contribution is 5.65. The number of ether oxygens (including phenoxy) is 1. The van der Waals surface area contributed by atoms with Crippen LogP contribution < -0.4 is 5.73 Å². The van der Waals surface area contributed by atoms with Crippen molar-refractivity contribution in [2.75, 3.05) is 0 Å². The average molecular weight is 194 g/mol. The summed E-state index contributed by atoms with van der Waals surface area (Å²) >= 11 is 0. The van der Waals surface area contributed by atoms with Gasteiger partial charge in [-0.15, -0.1) is 0 Å². The molecule has 0 aromatic carbocycles. The van der Waals surface area contributed by atoms with Crippen molar-refractivity contribution in [2.45, 2.75) is 25.9 Å². The highest BCUT2D eigenvalue weighted by Crippen LogP contribution is 2.16. The molecule has 0 fully saturated rings. The Labute approximate surface area is 83.1 Å². The van der Waals surface area contributed by atoms with Crippen LogP contribution in [0.5, 0.6) is 0 Å². The fourth-order valence-electron chi connectivity index (χ4n) is 1.30. The van der Waals surface area contributed by atoms with E-state index in [4.69, 9.17) is 10.5 Å². The van der Waals surface area contributed by atoms with Gasteiger partial charge < -0.3 is 10.5 Å². The van der Waals surface area contributed by atoms with Gasteiger partial charge in [-0.1, -0.05) is 0 Å². The fraction of sp³-hybridized carbons (Fsp3) is 0.400. The van der Waals surface area contributed by atoms with Crippen molar-refractivity contribution in [3.8, 4) is 0 Å². The molecule has 1 amide bonds. The van der Waals surface area contributed by atoms with E-state index in [1.807, 2.05) is 26.0 Å². The first-order valence-electron chi connectivity index (χ1n) is 4.37. The van der Waals surface area contributed by atoms with Gasteiger partial charge in [0.2, 0.25) is 0 Å². The van der Waals surface area contributed by atoms with Crippen LogP contribution >= 0.6 is 0 Å². The minimum atomic E-state index is -0.746. The average Bonchev–Trinajstić information content (AvgIpc) is 2.02. The molecule has 0 atom stereocenters. The second-order valence-electron chi connectivity index (χ2n) is 3.71. The van der Waals surface area contributed by atoms with E-state index in [1.54, 1.807) is 12.4 Å². The van der Waals surface area contributed by atoms with Crippen LogP contribution in [-0.4, -0.2) is 16.7 Å². The number of carbonyl (C=O) groups excluding carboxylic acids is 1. The lowest BCUT2D eigenvalue weighted by Crippen LogP contribution is -2.33. The summed E-state index contributed by atoms with van der Waals surface area (Å²) in [7, 11) is 0. The van der Waals surface area contributed by atoms with Crippen molar-refractivity contribution in [3.63, 3.8) is 0 Å². The van der Waals surface area contributed by atoms with Crippen LogP contribution in [0.25, 0.3) is 0 Å². The van der Waals surface area contributed by atoms with Gasteiger partial charge in [0.1, 0.15) is 5.60 Å². The van der Waals surface area contributed by atoms with Gasteiger partial charge in [-0.25, -0.2) is 4.79 Å². The number of carbonyl (C=O) groups is 1. The molecule has 1 rings (SSSR count). The van der Waals surface area contributed by atoms with Crippen LogP contribution in [-0.2, 0) is 11.2 Å². The molecule has 14 heavy (non-hydrogen) atoms. The SMILES string of the molecule is CC(C)(Cc1ccncc1)OC(N)=O. The third-order valence-corrected chi connectivity index (χ3v) is 1.76. The molecule has 0 aliphatic heterocycles. The van der Waals surface area contributed by atoms with Gasteiger partial charge >= 0.3 is 6.09 Å². The maximum absolute atomic E-state index is 10.6. The Morgan fingerprint density at radius 1 is 1.50 bits per heavy atom. The lowest BCUT2D eigenvalue weighted by atomic mass is 9.99. The molecule has 1 aromatic rings. The third kappa shape index (κ3) is 3.43. The summed E-state index contributed by atoms with van der Waals surface area (Å²) in [6, 6.07) is 3.76. The molecule has 0 bridgehead atoms. The quantitative estimate of drug-likeness (QED) is 0.792. The van der Waals surface area contributed by atoms with Gasteiger partial charge in [-0.05, 0) is 31.5 Å². The number of aromatic nitrogens is 1. The standard InChI is InChI=1S/C10H14N2O2/c1-10(2,14-9(11)13)7-8-3-5-12-6-4-8/h3-6H,7H2,1-2H3,(H2,11,13). The molecular formula is C10H14N2O2. The van der Waals surface area contributed by atoms with Gasteiger partial charge in [0.25, 0.3) is 0 Å². The van der Waals surface area contributed by atoms with Crippen molar-refractivity contribution in [3.05, 3.63) is 30.1 Å². The first kappa shape index (κ1) is 10.5. The number of primary amides is 1. The lowest BCUT2D eigenvalue weighted by Gasteiger charge is -2.23. The van der Waals surface area contributed by atoms with Gasteiger partial charge in [0.15, 0.2) is 0 Å². The normalized spacial score (nSPS) is 11.0. The van der Waals surface area contributed by atoms with Gasteiger partial charge in [-0.3, -0.25) is 4.98 Å². The van der Waals surface area contributed by atoms with E-state index in [9.17, 15) is 4.79 Å². The molecule has 0 spiro atoms. The maximum atomic E-state index is 10.6.